The highest BCUT2D eigenvalue weighted by molar-refractivity contribution is 6.30. The smallest absolute Gasteiger partial charge is 0.355 e. The van der Waals surface area contributed by atoms with Crippen molar-refractivity contribution in [3.05, 3.63) is 58.9 Å². The predicted octanol–water partition coefficient (Wildman–Crippen LogP) is 2.18. The molecule has 0 aliphatic rings. The average molecular weight is 307 g/mol. The Labute approximate surface area is 127 Å². The zero-order valence-electron chi connectivity index (χ0n) is 11.3. The topological polar surface area (TPSA) is 71.2 Å². The number of aromatic nitrogens is 1. The molecule has 1 aromatic carbocycles. The summed E-state index contributed by atoms with van der Waals surface area (Å²) in [7, 11) is 0. The molecule has 1 amide bonds. The van der Waals surface area contributed by atoms with Crippen molar-refractivity contribution in [1.82, 2.24) is 10.3 Å². The Balaban J connectivity index is 1.67. The summed E-state index contributed by atoms with van der Waals surface area (Å²) < 4.78 is 4.87. The van der Waals surface area contributed by atoms with Crippen LogP contribution in [0.5, 0.6) is 0 Å². The molecule has 0 unspecified atom stereocenters. The molecule has 0 radical (unpaired) electrons. The van der Waals surface area contributed by atoms with E-state index in [1.165, 1.54) is 0 Å². The van der Waals surface area contributed by atoms with E-state index in [0.717, 1.165) is 5.56 Å². The second kappa shape index (κ2) is 7.50. The zero-order chi connectivity index (χ0) is 15.1. The molecule has 0 saturated heterocycles. The number of hydrogen-bond donors (Lipinski definition) is 2. The molecule has 0 saturated carbocycles. The largest absolute Gasteiger partial charge is 0.451 e. The van der Waals surface area contributed by atoms with Crippen LogP contribution in [0.25, 0.3) is 0 Å². The number of H-pyrrole nitrogens is 1. The SMILES string of the molecule is O=C(COC(=O)c1ccc[nH]1)NCCc1cccc(Cl)c1. The Kier molecular flexibility index (Phi) is 5.40. The van der Waals surface area contributed by atoms with Gasteiger partial charge < -0.3 is 15.0 Å². The third-order valence-corrected chi connectivity index (χ3v) is 3.01. The van der Waals surface area contributed by atoms with Gasteiger partial charge in [-0.25, -0.2) is 4.79 Å². The summed E-state index contributed by atoms with van der Waals surface area (Å²) in [6.45, 7) is 0.159. The van der Waals surface area contributed by atoms with Crippen molar-refractivity contribution in [2.45, 2.75) is 6.42 Å². The Hall–Kier alpha value is -2.27. The van der Waals surface area contributed by atoms with Crippen LogP contribution in [-0.4, -0.2) is 30.0 Å². The summed E-state index contributed by atoms with van der Waals surface area (Å²) in [6, 6.07) is 10.7. The van der Waals surface area contributed by atoms with E-state index in [1.807, 2.05) is 18.2 Å². The summed E-state index contributed by atoms with van der Waals surface area (Å²) in [5.41, 5.74) is 1.35. The van der Waals surface area contributed by atoms with Crippen LogP contribution in [0.4, 0.5) is 0 Å². The van der Waals surface area contributed by atoms with Gasteiger partial charge in [0, 0.05) is 17.8 Å². The molecule has 0 aliphatic heterocycles. The molecule has 6 heteroatoms. The number of nitrogens with one attached hydrogen (secondary N) is 2. The molecule has 0 fully saturated rings. The standard InChI is InChI=1S/C15H15ClN2O3/c16-12-4-1-3-11(9-12)6-8-18-14(19)10-21-15(20)13-5-2-7-17-13/h1-5,7,9,17H,6,8,10H2,(H,18,19). The van der Waals surface area contributed by atoms with Crippen LogP contribution < -0.4 is 5.32 Å². The van der Waals surface area contributed by atoms with E-state index in [-0.39, 0.29) is 12.5 Å². The number of hydrogen-bond acceptors (Lipinski definition) is 3. The monoisotopic (exact) mass is 306 g/mol. The zero-order valence-corrected chi connectivity index (χ0v) is 12.0. The molecule has 5 nitrogen and oxygen atoms in total. The number of carbonyl (C=O) groups excluding carboxylic acids is 2. The lowest BCUT2D eigenvalue weighted by molar-refractivity contribution is -0.124. The normalized spacial score (nSPS) is 10.1. The Morgan fingerprint density at radius 3 is 2.81 bits per heavy atom. The first-order valence-corrected chi connectivity index (χ1v) is 6.84. The fraction of sp³-hybridized carbons (Fsp3) is 0.200. The number of ether oxygens (including phenoxy) is 1. The number of carbonyl (C=O) groups is 2. The molecule has 1 heterocycles. The molecule has 0 atom stereocenters. The van der Waals surface area contributed by atoms with Gasteiger partial charge in [0.15, 0.2) is 6.61 Å². The number of halogens is 1. The van der Waals surface area contributed by atoms with Gasteiger partial charge in [0.25, 0.3) is 5.91 Å². The number of rotatable bonds is 6. The van der Waals surface area contributed by atoms with Crippen molar-refractivity contribution in [3.8, 4) is 0 Å². The van der Waals surface area contributed by atoms with E-state index >= 15 is 0 Å². The van der Waals surface area contributed by atoms with E-state index in [2.05, 4.69) is 10.3 Å². The highest BCUT2D eigenvalue weighted by Gasteiger charge is 2.10. The minimum Gasteiger partial charge on any atom is -0.451 e. The van der Waals surface area contributed by atoms with Crippen LogP contribution in [0.15, 0.2) is 42.6 Å². The minimum absolute atomic E-state index is 0.298. The van der Waals surface area contributed by atoms with Gasteiger partial charge in [0.05, 0.1) is 0 Å². The molecule has 0 bridgehead atoms. The molecule has 110 valence electrons. The second-order valence-electron chi connectivity index (χ2n) is 4.39. The molecule has 21 heavy (non-hydrogen) atoms. The van der Waals surface area contributed by atoms with E-state index in [0.29, 0.717) is 23.7 Å². The van der Waals surface area contributed by atoms with Gasteiger partial charge in [-0.1, -0.05) is 23.7 Å². The maximum atomic E-state index is 11.5. The Bertz CT molecular complexity index is 611. The van der Waals surface area contributed by atoms with Crippen molar-refractivity contribution in [1.29, 1.82) is 0 Å². The van der Waals surface area contributed by atoms with E-state index < -0.39 is 5.97 Å². The molecular weight excluding hydrogens is 292 g/mol. The average Bonchev–Trinajstić information content (AvgIpc) is 2.99. The molecular formula is C15H15ClN2O3. The quantitative estimate of drug-likeness (QED) is 0.804. The molecule has 2 N–H and O–H groups in total. The highest BCUT2D eigenvalue weighted by atomic mass is 35.5. The first kappa shape index (κ1) is 15.1. The summed E-state index contributed by atoms with van der Waals surface area (Å²) in [5.74, 6) is -0.887. The summed E-state index contributed by atoms with van der Waals surface area (Å²) in [4.78, 5) is 25.8. The number of benzene rings is 1. The Morgan fingerprint density at radius 2 is 2.10 bits per heavy atom. The Morgan fingerprint density at radius 1 is 1.24 bits per heavy atom. The number of amides is 1. The first-order valence-electron chi connectivity index (χ1n) is 6.47. The van der Waals surface area contributed by atoms with Gasteiger partial charge in [-0.3, -0.25) is 4.79 Å². The van der Waals surface area contributed by atoms with Crippen molar-refractivity contribution in [2.75, 3.05) is 13.2 Å². The maximum absolute atomic E-state index is 11.5. The fourth-order valence-electron chi connectivity index (χ4n) is 1.76. The predicted molar refractivity (Wildman–Crippen MR) is 79.2 cm³/mol. The van der Waals surface area contributed by atoms with Gasteiger partial charge in [-0.05, 0) is 36.2 Å². The summed E-state index contributed by atoms with van der Waals surface area (Å²) in [6.07, 6.45) is 2.28. The summed E-state index contributed by atoms with van der Waals surface area (Å²) >= 11 is 5.87. The van der Waals surface area contributed by atoms with Gasteiger partial charge in [0.2, 0.25) is 0 Å². The fourth-order valence-corrected chi connectivity index (χ4v) is 1.97. The molecule has 2 rings (SSSR count). The minimum atomic E-state index is -0.551. The van der Waals surface area contributed by atoms with Crippen LogP contribution in [0, 0.1) is 0 Å². The maximum Gasteiger partial charge on any atom is 0.355 e. The van der Waals surface area contributed by atoms with Crippen LogP contribution in [-0.2, 0) is 16.0 Å². The third kappa shape index (κ3) is 4.96. The lowest BCUT2D eigenvalue weighted by Gasteiger charge is -2.06. The van der Waals surface area contributed by atoms with Crippen LogP contribution in [0.1, 0.15) is 16.1 Å². The number of esters is 1. The number of aromatic amines is 1. The van der Waals surface area contributed by atoms with E-state index in [4.69, 9.17) is 16.3 Å². The van der Waals surface area contributed by atoms with Gasteiger partial charge in [0.1, 0.15) is 5.69 Å². The lowest BCUT2D eigenvalue weighted by atomic mass is 10.1. The van der Waals surface area contributed by atoms with Crippen molar-refractivity contribution >= 4 is 23.5 Å². The summed E-state index contributed by atoms with van der Waals surface area (Å²) in [5, 5.41) is 3.35. The van der Waals surface area contributed by atoms with Gasteiger partial charge in [-0.15, -0.1) is 0 Å². The van der Waals surface area contributed by atoms with Crippen LogP contribution in [0.2, 0.25) is 5.02 Å². The molecule has 2 aromatic rings. The highest BCUT2D eigenvalue weighted by Crippen LogP contribution is 2.10. The third-order valence-electron chi connectivity index (χ3n) is 2.78. The van der Waals surface area contributed by atoms with Crippen LogP contribution in [0.3, 0.4) is 0 Å². The van der Waals surface area contributed by atoms with Crippen LogP contribution >= 0.6 is 11.6 Å². The first-order chi connectivity index (χ1) is 10.1. The van der Waals surface area contributed by atoms with Gasteiger partial charge in [-0.2, -0.15) is 0 Å². The van der Waals surface area contributed by atoms with E-state index in [1.54, 1.807) is 24.4 Å². The lowest BCUT2D eigenvalue weighted by Crippen LogP contribution is -2.30. The molecule has 1 aromatic heterocycles. The van der Waals surface area contributed by atoms with Crippen molar-refractivity contribution < 1.29 is 14.3 Å². The van der Waals surface area contributed by atoms with Crippen molar-refractivity contribution in [3.63, 3.8) is 0 Å². The second-order valence-corrected chi connectivity index (χ2v) is 4.83. The van der Waals surface area contributed by atoms with Crippen molar-refractivity contribution in [2.24, 2.45) is 0 Å². The van der Waals surface area contributed by atoms with Gasteiger partial charge >= 0.3 is 5.97 Å². The molecule has 0 spiro atoms. The van der Waals surface area contributed by atoms with E-state index in [9.17, 15) is 9.59 Å². The molecule has 0 aliphatic carbocycles.